The number of benzene rings is 3. The van der Waals surface area contributed by atoms with Gasteiger partial charge in [0.05, 0.1) is 31.4 Å². The van der Waals surface area contributed by atoms with Crippen LogP contribution >= 0.6 is 0 Å². The Kier molecular flexibility index (Phi) is 5.07. The Balaban J connectivity index is 2.01. The van der Waals surface area contributed by atoms with Gasteiger partial charge in [-0.3, -0.25) is 0 Å². The summed E-state index contributed by atoms with van der Waals surface area (Å²) >= 11 is 0. The van der Waals surface area contributed by atoms with Crippen LogP contribution in [0.15, 0.2) is 92.4 Å². The highest BCUT2D eigenvalue weighted by molar-refractivity contribution is 7.88. The predicted molar refractivity (Wildman–Crippen MR) is 98.1 cm³/mol. The molecule has 122 valence electrons. The minimum absolute atomic E-state index is 0.597. The Morgan fingerprint density at radius 3 is 1.21 bits per heavy atom. The second kappa shape index (κ2) is 7.24. The van der Waals surface area contributed by atoms with Crippen LogP contribution in [-0.4, -0.2) is 8.42 Å². The molecule has 0 aliphatic heterocycles. The minimum atomic E-state index is -1.36. The fraction of sp³-hybridized carbons (Fsp3) is 0.100. The van der Waals surface area contributed by atoms with E-state index in [0.29, 0.717) is 19.6 Å². The molecule has 2 atom stereocenters. The maximum Gasteiger partial charge on any atom is 0.0862 e. The van der Waals surface area contributed by atoms with Crippen molar-refractivity contribution in [2.45, 2.75) is 33.4 Å². The largest absolute Gasteiger partial charge is 0.249 e. The van der Waals surface area contributed by atoms with Crippen LogP contribution in [0.5, 0.6) is 0 Å². The molecule has 0 N–H and O–H groups in total. The molecule has 0 aliphatic rings. The summed E-state index contributed by atoms with van der Waals surface area (Å²) in [7, 11) is -2.72. The second-order valence-electron chi connectivity index (χ2n) is 5.61. The number of hydrogen-bond acceptors (Lipinski definition) is 2. The van der Waals surface area contributed by atoms with Gasteiger partial charge in [-0.1, -0.05) is 47.5 Å². The molecule has 0 saturated carbocycles. The van der Waals surface area contributed by atoms with E-state index in [1.54, 1.807) is 12.1 Å². The highest BCUT2D eigenvalue weighted by Crippen LogP contribution is 2.26. The SMILES string of the molecule is Cc1ccc(S(=O)c2ccccc2S(=O)c2ccc(C)cc2)cc1. The van der Waals surface area contributed by atoms with Gasteiger partial charge in [0, 0.05) is 9.79 Å². The normalized spacial score (nSPS) is 13.4. The van der Waals surface area contributed by atoms with E-state index >= 15 is 0 Å². The van der Waals surface area contributed by atoms with E-state index in [-0.39, 0.29) is 0 Å². The van der Waals surface area contributed by atoms with Gasteiger partial charge in [-0.25, -0.2) is 8.42 Å². The summed E-state index contributed by atoms with van der Waals surface area (Å²) in [6.45, 7) is 3.99. The van der Waals surface area contributed by atoms with Crippen molar-refractivity contribution < 1.29 is 8.42 Å². The average molecular weight is 354 g/mol. The van der Waals surface area contributed by atoms with Gasteiger partial charge in [-0.15, -0.1) is 0 Å². The van der Waals surface area contributed by atoms with E-state index in [2.05, 4.69) is 0 Å². The van der Waals surface area contributed by atoms with E-state index in [1.165, 1.54) is 0 Å². The summed E-state index contributed by atoms with van der Waals surface area (Å²) in [6.07, 6.45) is 0. The van der Waals surface area contributed by atoms with Crippen molar-refractivity contribution in [3.63, 3.8) is 0 Å². The molecule has 3 aromatic carbocycles. The molecule has 0 spiro atoms. The van der Waals surface area contributed by atoms with Crippen molar-refractivity contribution in [3.8, 4) is 0 Å². The van der Waals surface area contributed by atoms with Crippen molar-refractivity contribution in [3.05, 3.63) is 83.9 Å². The van der Waals surface area contributed by atoms with Gasteiger partial charge in [0.15, 0.2) is 0 Å². The van der Waals surface area contributed by atoms with Crippen LogP contribution in [0.2, 0.25) is 0 Å². The van der Waals surface area contributed by atoms with Crippen molar-refractivity contribution in [2.24, 2.45) is 0 Å². The van der Waals surface area contributed by atoms with Gasteiger partial charge >= 0.3 is 0 Å². The van der Waals surface area contributed by atoms with Gasteiger partial charge < -0.3 is 0 Å². The predicted octanol–water partition coefficient (Wildman–Crippen LogP) is 4.64. The zero-order valence-electron chi connectivity index (χ0n) is 13.6. The van der Waals surface area contributed by atoms with Crippen molar-refractivity contribution in [1.82, 2.24) is 0 Å². The zero-order valence-corrected chi connectivity index (χ0v) is 15.2. The molecule has 4 heteroatoms. The summed E-state index contributed by atoms with van der Waals surface area (Å²) in [6, 6.07) is 22.4. The van der Waals surface area contributed by atoms with Crippen LogP contribution in [0.25, 0.3) is 0 Å². The number of hydrogen-bond donors (Lipinski definition) is 0. The lowest BCUT2D eigenvalue weighted by atomic mass is 10.2. The third kappa shape index (κ3) is 3.55. The maximum absolute atomic E-state index is 12.9. The van der Waals surface area contributed by atoms with E-state index < -0.39 is 21.6 Å². The van der Waals surface area contributed by atoms with Gasteiger partial charge in [-0.05, 0) is 50.2 Å². The van der Waals surface area contributed by atoms with Crippen LogP contribution < -0.4 is 0 Å². The molecule has 0 bridgehead atoms. The first-order chi connectivity index (χ1) is 11.6. The van der Waals surface area contributed by atoms with Gasteiger partial charge in [-0.2, -0.15) is 0 Å². The monoisotopic (exact) mass is 354 g/mol. The molecule has 0 heterocycles. The van der Waals surface area contributed by atoms with Gasteiger partial charge in [0.1, 0.15) is 0 Å². The third-order valence-electron chi connectivity index (χ3n) is 3.72. The minimum Gasteiger partial charge on any atom is -0.249 e. The Labute approximate surface area is 147 Å². The zero-order chi connectivity index (χ0) is 17.1. The highest BCUT2D eigenvalue weighted by Gasteiger charge is 2.17. The number of aryl methyl sites for hydroxylation is 2. The smallest absolute Gasteiger partial charge is 0.0862 e. The lowest BCUT2D eigenvalue weighted by Gasteiger charge is -2.10. The summed E-state index contributed by atoms with van der Waals surface area (Å²) in [5.41, 5.74) is 2.24. The van der Waals surface area contributed by atoms with Crippen LogP contribution in [0.3, 0.4) is 0 Å². The van der Waals surface area contributed by atoms with Crippen LogP contribution in [0.4, 0.5) is 0 Å². The van der Waals surface area contributed by atoms with Crippen LogP contribution in [0.1, 0.15) is 11.1 Å². The molecule has 0 aromatic heterocycles. The fourth-order valence-electron chi connectivity index (χ4n) is 2.33. The molecular formula is C20H18O2S2. The van der Waals surface area contributed by atoms with Crippen LogP contribution in [0, 0.1) is 13.8 Å². The Hall–Kier alpha value is -2.04. The average Bonchev–Trinajstić information content (AvgIpc) is 2.62. The Bertz CT molecular complexity index is 821. The molecule has 2 unspecified atom stereocenters. The molecule has 0 radical (unpaired) electrons. The van der Waals surface area contributed by atoms with Gasteiger partial charge in [0.25, 0.3) is 0 Å². The maximum atomic E-state index is 12.9. The van der Waals surface area contributed by atoms with Crippen molar-refractivity contribution in [2.75, 3.05) is 0 Å². The quantitative estimate of drug-likeness (QED) is 0.684. The standard InChI is InChI=1S/C20H18O2S2/c1-15-7-11-17(12-8-15)23(21)19-5-3-4-6-20(19)24(22)18-13-9-16(2)10-14-18/h3-14H,1-2H3. The second-order valence-corrected chi connectivity index (χ2v) is 8.51. The van der Waals surface area contributed by atoms with E-state index in [1.807, 2.05) is 74.5 Å². The van der Waals surface area contributed by atoms with Crippen LogP contribution in [-0.2, 0) is 21.6 Å². The van der Waals surface area contributed by atoms with E-state index in [0.717, 1.165) is 11.1 Å². The Morgan fingerprint density at radius 1 is 0.542 bits per heavy atom. The molecule has 0 aliphatic carbocycles. The molecule has 3 aromatic rings. The summed E-state index contributed by atoms with van der Waals surface area (Å²) in [4.78, 5) is 2.63. The lowest BCUT2D eigenvalue weighted by molar-refractivity contribution is 0.674. The highest BCUT2D eigenvalue weighted by atomic mass is 32.2. The molecular weight excluding hydrogens is 336 g/mol. The van der Waals surface area contributed by atoms with E-state index in [4.69, 9.17) is 0 Å². The molecule has 0 amide bonds. The van der Waals surface area contributed by atoms with Crippen molar-refractivity contribution >= 4 is 21.6 Å². The van der Waals surface area contributed by atoms with Crippen molar-refractivity contribution in [1.29, 1.82) is 0 Å². The first-order valence-corrected chi connectivity index (χ1v) is 9.92. The molecule has 0 fully saturated rings. The first kappa shape index (κ1) is 16.8. The topological polar surface area (TPSA) is 34.1 Å². The lowest BCUT2D eigenvalue weighted by Crippen LogP contribution is -2.01. The summed E-state index contributed by atoms with van der Waals surface area (Å²) in [5.74, 6) is 0. The van der Waals surface area contributed by atoms with Gasteiger partial charge in [0.2, 0.25) is 0 Å². The third-order valence-corrected chi connectivity index (χ3v) is 6.76. The Morgan fingerprint density at radius 2 is 0.875 bits per heavy atom. The fourth-order valence-corrected chi connectivity index (χ4v) is 4.97. The number of rotatable bonds is 4. The summed E-state index contributed by atoms with van der Waals surface area (Å²) in [5, 5.41) is 0. The first-order valence-electron chi connectivity index (χ1n) is 7.62. The summed E-state index contributed by atoms with van der Waals surface area (Å²) < 4.78 is 25.9. The molecule has 0 saturated heterocycles. The molecule has 3 rings (SSSR count). The van der Waals surface area contributed by atoms with E-state index in [9.17, 15) is 8.42 Å². The molecule has 2 nitrogen and oxygen atoms in total. The molecule has 24 heavy (non-hydrogen) atoms.